The highest BCUT2D eigenvalue weighted by Crippen LogP contribution is 2.26. The minimum Gasteiger partial charge on any atom is -0.274 e. The molecule has 0 spiro atoms. The van der Waals surface area contributed by atoms with Gasteiger partial charge in [-0.25, -0.2) is 5.43 Å². The van der Waals surface area contributed by atoms with Gasteiger partial charge in [0.2, 0.25) is 0 Å². The summed E-state index contributed by atoms with van der Waals surface area (Å²) < 4.78 is 0. The number of hydrazine groups is 1. The lowest BCUT2D eigenvalue weighted by Crippen LogP contribution is -2.37. The van der Waals surface area contributed by atoms with Crippen molar-refractivity contribution in [2.24, 2.45) is 0 Å². The Labute approximate surface area is 95.4 Å². The Morgan fingerprint density at radius 2 is 2.19 bits per heavy atom. The Morgan fingerprint density at radius 3 is 3.00 bits per heavy atom. The summed E-state index contributed by atoms with van der Waals surface area (Å²) in [5.41, 5.74) is 6.68. The molecule has 84 valence electrons. The van der Waals surface area contributed by atoms with Crippen molar-refractivity contribution < 1.29 is 4.79 Å². The zero-order valence-corrected chi connectivity index (χ0v) is 9.33. The van der Waals surface area contributed by atoms with Crippen LogP contribution in [0.25, 0.3) is 0 Å². The fourth-order valence-electron chi connectivity index (χ4n) is 2.67. The largest absolute Gasteiger partial charge is 0.274 e. The molecule has 0 bridgehead atoms. The number of nitrogens with zero attached hydrogens (tertiary/aromatic N) is 1. The maximum Gasteiger partial charge on any atom is 0.268 e. The van der Waals surface area contributed by atoms with Gasteiger partial charge in [-0.2, -0.15) is 0 Å². The van der Waals surface area contributed by atoms with Gasteiger partial charge < -0.3 is 0 Å². The first-order valence-corrected chi connectivity index (χ1v) is 6.02. The van der Waals surface area contributed by atoms with Crippen LogP contribution < -0.4 is 5.43 Å². The maximum atomic E-state index is 12.3. The normalized spacial score (nSPS) is 18.9. The van der Waals surface area contributed by atoms with Gasteiger partial charge >= 0.3 is 0 Å². The molecule has 16 heavy (non-hydrogen) atoms. The van der Waals surface area contributed by atoms with Gasteiger partial charge in [0.25, 0.3) is 5.91 Å². The first-order valence-electron chi connectivity index (χ1n) is 6.02. The molecule has 0 saturated carbocycles. The highest BCUT2D eigenvalue weighted by atomic mass is 16.2. The van der Waals surface area contributed by atoms with Crippen molar-refractivity contribution >= 4 is 5.91 Å². The summed E-state index contributed by atoms with van der Waals surface area (Å²) in [6.07, 6.45) is 4.43. The molecular weight excluding hydrogens is 200 g/mol. The first-order chi connectivity index (χ1) is 7.86. The molecule has 1 aromatic rings. The molecule has 0 aromatic heterocycles. The van der Waals surface area contributed by atoms with Gasteiger partial charge in [-0.05, 0) is 42.9 Å². The summed E-state index contributed by atoms with van der Waals surface area (Å²) in [6.45, 7) is 1.75. The van der Waals surface area contributed by atoms with E-state index < -0.39 is 0 Å². The Balaban J connectivity index is 1.94. The minimum atomic E-state index is 0.149. The zero-order valence-electron chi connectivity index (χ0n) is 9.33. The quantitative estimate of drug-likeness (QED) is 0.772. The van der Waals surface area contributed by atoms with Crippen molar-refractivity contribution in [3.8, 4) is 0 Å². The van der Waals surface area contributed by atoms with Crippen molar-refractivity contribution in [1.29, 1.82) is 0 Å². The predicted molar refractivity (Wildman–Crippen MR) is 62.1 cm³/mol. The van der Waals surface area contributed by atoms with E-state index in [9.17, 15) is 4.79 Å². The van der Waals surface area contributed by atoms with Crippen LogP contribution in [0, 0.1) is 0 Å². The van der Waals surface area contributed by atoms with Crippen molar-refractivity contribution in [2.45, 2.75) is 25.7 Å². The monoisotopic (exact) mass is 216 g/mol. The number of hydrogen-bond donors (Lipinski definition) is 1. The molecule has 1 aliphatic carbocycles. The highest BCUT2D eigenvalue weighted by molar-refractivity contribution is 5.96. The van der Waals surface area contributed by atoms with Gasteiger partial charge in [-0.15, -0.1) is 0 Å². The summed E-state index contributed by atoms with van der Waals surface area (Å²) >= 11 is 0. The number of amides is 1. The van der Waals surface area contributed by atoms with Crippen LogP contribution in [0.4, 0.5) is 0 Å². The third-order valence-corrected chi connectivity index (χ3v) is 3.48. The lowest BCUT2D eigenvalue weighted by Gasteiger charge is -2.17. The molecule has 1 aliphatic heterocycles. The van der Waals surface area contributed by atoms with Gasteiger partial charge in [0.1, 0.15) is 0 Å². The van der Waals surface area contributed by atoms with Crippen LogP contribution in [0.2, 0.25) is 0 Å². The molecule has 1 fully saturated rings. The third kappa shape index (κ3) is 1.52. The van der Waals surface area contributed by atoms with Crippen molar-refractivity contribution in [2.75, 3.05) is 13.1 Å². The van der Waals surface area contributed by atoms with Crippen LogP contribution in [0.1, 0.15) is 34.3 Å². The fraction of sp³-hybridized carbons (Fsp3) is 0.462. The van der Waals surface area contributed by atoms with E-state index in [1.807, 2.05) is 12.1 Å². The second-order valence-corrected chi connectivity index (χ2v) is 4.52. The average molecular weight is 216 g/mol. The van der Waals surface area contributed by atoms with E-state index in [4.69, 9.17) is 0 Å². The molecule has 1 saturated heterocycles. The van der Waals surface area contributed by atoms with E-state index in [1.165, 1.54) is 17.5 Å². The topological polar surface area (TPSA) is 32.3 Å². The predicted octanol–water partition coefficient (Wildman–Crippen LogP) is 1.53. The maximum absolute atomic E-state index is 12.3. The molecule has 1 aromatic carbocycles. The molecule has 0 unspecified atom stereocenters. The summed E-state index contributed by atoms with van der Waals surface area (Å²) in [6, 6.07) is 6.12. The number of benzene rings is 1. The number of carbonyl (C=O) groups is 1. The molecule has 0 radical (unpaired) electrons. The summed E-state index contributed by atoms with van der Waals surface area (Å²) in [5, 5.41) is 1.76. The summed E-state index contributed by atoms with van der Waals surface area (Å²) in [7, 11) is 0. The second-order valence-electron chi connectivity index (χ2n) is 4.52. The molecule has 1 heterocycles. The lowest BCUT2D eigenvalue weighted by atomic mass is 10.0. The van der Waals surface area contributed by atoms with E-state index in [1.54, 1.807) is 5.01 Å². The van der Waals surface area contributed by atoms with Crippen LogP contribution in [0.15, 0.2) is 18.2 Å². The highest BCUT2D eigenvalue weighted by Gasteiger charge is 2.24. The Kier molecular flexibility index (Phi) is 2.40. The number of hydrogen-bond acceptors (Lipinski definition) is 2. The number of carbonyl (C=O) groups excluding carboxylic acids is 1. The Bertz CT molecular complexity index is 422. The van der Waals surface area contributed by atoms with E-state index in [0.29, 0.717) is 0 Å². The molecule has 3 nitrogen and oxygen atoms in total. The van der Waals surface area contributed by atoms with Crippen LogP contribution >= 0.6 is 0 Å². The molecule has 1 N–H and O–H groups in total. The standard InChI is InChI=1S/C13H16N2O/c16-13(15-9-3-8-14-15)12-7-2-5-10-4-1-6-11(10)12/h2,5,7,14H,1,3-4,6,8-9H2. The average Bonchev–Trinajstić information content (AvgIpc) is 2.98. The van der Waals surface area contributed by atoms with Crippen LogP contribution in [0.3, 0.4) is 0 Å². The second kappa shape index (κ2) is 3.91. The van der Waals surface area contributed by atoms with Gasteiger partial charge in [0.15, 0.2) is 0 Å². The zero-order chi connectivity index (χ0) is 11.0. The minimum absolute atomic E-state index is 0.149. The van der Waals surface area contributed by atoms with Gasteiger partial charge in [0, 0.05) is 18.7 Å². The van der Waals surface area contributed by atoms with E-state index in [2.05, 4.69) is 11.5 Å². The molecule has 3 rings (SSSR count). The molecule has 0 atom stereocenters. The molecule has 1 amide bonds. The van der Waals surface area contributed by atoms with Crippen LogP contribution in [-0.4, -0.2) is 24.0 Å². The van der Waals surface area contributed by atoms with Gasteiger partial charge in [-0.1, -0.05) is 12.1 Å². The Morgan fingerprint density at radius 1 is 1.25 bits per heavy atom. The lowest BCUT2D eigenvalue weighted by molar-refractivity contribution is 0.0725. The number of aryl methyl sites for hydroxylation is 1. The number of rotatable bonds is 1. The summed E-state index contributed by atoms with van der Waals surface area (Å²) in [4.78, 5) is 12.3. The third-order valence-electron chi connectivity index (χ3n) is 3.48. The van der Waals surface area contributed by atoms with Crippen molar-refractivity contribution in [3.05, 3.63) is 34.9 Å². The van der Waals surface area contributed by atoms with Crippen molar-refractivity contribution in [3.63, 3.8) is 0 Å². The SMILES string of the molecule is O=C(c1cccc2c1CCC2)N1CCCN1. The summed E-state index contributed by atoms with van der Waals surface area (Å²) in [5.74, 6) is 0.149. The van der Waals surface area contributed by atoms with Crippen LogP contribution in [0.5, 0.6) is 0 Å². The Hall–Kier alpha value is -1.35. The van der Waals surface area contributed by atoms with E-state index in [-0.39, 0.29) is 5.91 Å². The molecule has 3 heteroatoms. The van der Waals surface area contributed by atoms with Crippen LogP contribution in [-0.2, 0) is 12.8 Å². The number of fused-ring (bicyclic) bond motifs is 1. The van der Waals surface area contributed by atoms with E-state index >= 15 is 0 Å². The fourth-order valence-corrected chi connectivity index (χ4v) is 2.67. The smallest absolute Gasteiger partial charge is 0.268 e. The van der Waals surface area contributed by atoms with Crippen molar-refractivity contribution in [1.82, 2.24) is 10.4 Å². The molecule has 2 aliphatic rings. The van der Waals surface area contributed by atoms with Gasteiger partial charge in [0.05, 0.1) is 0 Å². The number of nitrogens with one attached hydrogen (secondary N) is 1. The van der Waals surface area contributed by atoms with Gasteiger partial charge in [-0.3, -0.25) is 9.80 Å². The van der Waals surface area contributed by atoms with E-state index in [0.717, 1.165) is 37.9 Å². The first kappa shape index (κ1) is 9.85. The molecular formula is C13H16N2O.